The van der Waals surface area contributed by atoms with E-state index in [-0.39, 0.29) is 66.2 Å². The molecule has 0 saturated carbocycles. The average Bonchev–Trinajstić information content (AvgIpc) is 1.77. The van der Waals surface area contributed by atoms with Crippen LogP contribution in [0.15, 0.2) is 24.3 Å². The zero-order chi connectivity index (χ0) is 5.98. The maximum atomic E-state index is 8.67. The zero-order valence-corrected chi connectivity index (χ0v) is 9.08. The number of rotatable bonds is 0. The van der Waals surface area contributed by atoms with Gasteiger partial charge in [-0.3, -0.25) is 0 Å². The van der Waals surface area contributed by atoms with Crippen LogP contribution in [0.1, 0.15) is 0 Å². The van der Waals surface area contributed by atoms with Crippen LogP contribution >= 0.6 is 0 Å². The number of phenolic OH excluding ortho intramolecular Hbond substituents is 2. The molecule has 1 aromatic rings. The second kappa shape index (κ2) is 6.28. The number of halogens is 1. The summed E-state index contributed by atoms with van der Waals surface area (Å²) >= 11 is 0. The molecular weight excluding hydrogens is 224 g/mol. The fourth-order valence-electron chi connectivity index (χ4n) is 0.464. The predicted octanol–water partition coefficient (Wildman–Crippen LogP) is -2.28. The molecule has 0 fully saturated rings. The molecule has 4 heteroatoms. The normalized spacial score (nSPS) is 7.20. The van der Waals surface area contributed by atoms with Crippen LogP contribution < -0.4 is 17.0 Å². The van der Waals surface area contributed by atoms with Crippen molar-refractivity contribution in [1.82, 2.24) is 0 Å². The van der Waals surface area contributed by atoms with Gasteiger partial charge in [0, 0.05) is 0 Å². The topological polar surface area (TPSA) is 40.5 Å². The number of para-hydroxylation sites is 2. The Morgan fingerprint density at radius 2 is 1.20 bits per heavy atom. The van der Waals surface area contributed by atoms with E-state index in [0.717, 1.165) is 0 Å². The molecule has 0 aromatic heterocycles. The Hall–Kier alpha value is 0.560. The molecule has 0 atom stereocenters. The smallest absolute Gasteiger partial charge is 1.00 e. The van der Waals surface area contributed by atoms with Gasteiger partial charge in [-0.1, -0.05) is 12.1 Å². The summed E-state index contributed by atoms with van der Waals surface area (Å²) in [5.74, 6) is -0.153. The van der Waals surface area contributed by atoms with Gasteiger partial charge < -0.3 is 27.2 Å². The zero-order valence-electron chi connectivity index (χ0n) is 5.29. The Bertz CT molecular complexity index is 172. The van der Waals surface area contributed by atoms with Gasteiger partial charge in [-0.15, -0.1) is 0 Å². The van der Waals surface area contributed by atoms with E-state index in [0.29, 0.717) is 0 Å². The molecular formula is C6H6BrCaO2+. The molecule has 0 radical (unpaired) electrons. The summed E-state index contributed by atoms with van der Waals surface area (Å²) in [5.41, 5.74) is 0. The molecule has 2 N–H and O–H groups in total. The molecule has 50 valence electrons. The monoisotopic (exact) mass is 229 g/mol. The minimum Gasteiger partial charge on any atom is -1.00 e. The first-order chi connectivity index (χ1) is 3.80. The van der Waals surface area contributed by atoms with E-state index in [4.69, 9.17) is 10.2 Å². The second-order valence-corrected chi connectivity index (χ2v) is 1.49. The molecule has 0 aliphatic carbocycles. The quantitative estimate of drug-likeness (QED) is 0.389. The minimum atomic E-state index is -0.0764. The van der Waals surface area contributed by atoms with Gasteiger partial charge in [-0.05, 0) is 12.1 Å². The summed E-state index contributed by atoms with van der Waals surface area (Å²) in [7, 11) is 0. The fourth-order valence-corrected chi connectivity index (χ4v) is 0.464. The van der Waals surface area contributed by atoms with Crippen molar-refractivity contribution in [2.45, 2.75) is 0 Å². The van der Waals surface area contributed by atoms with Crippen molar-refractivity contribution in [2.24, 2.45) is 0 Å². The fraction of sp³-hybridized carbons (Fsp3) is 0. The van der Waals surface area contributed by atoms with E-state index in [1.54, 1.807) is 12.1 Å². The van der Waals surface area contributed by atoms with E-state index >= 15 is 0 Å². The summed E-state index contributed by atoms with van der Waals surface area (Å²) in [6.07, 6.45) is 0. The van der Waals surface area contributed by atoms with Gasteiger partial charge in [0.05, 0.1) is 0 Å². The Labute approximate surface area is 99.6 Å². The first-order valence-corrected chi connectivity index (χ1v) is 2.27. The van der Waals surface area contributed by atoms with E-state index in [9.17, 15) is 0 Å². The predicted molar refractivity (Wildman–Crippen MR) is 35.5 cm³/mol. The van der Waals surface area contributed by atoms with Crippen molar-refractivity contribution in [3.63, 3.8) is 0 Å². The summed E-state index contributed by atoms with van der Waals surface area (Å²) in [6, 6.07) is 6.15. The molecule has 1 rings (SSSR count). The third kappa shape index (κ3) is 3.66. The van der Waals surface area contributed by atoms with E-state index in [1.165, 1.54) is 12.1 Å². The molecule has 0 bridgehead atoms. The van der Waals surface area contributed by atoms with Crippen molar-refractivity contribution in [1.29, 1.82) is 0 Å². The molecule has 0 heterocycles. The van der Waals surface area contributed by atoms with Gasteiger partial charge in [-0.2, -0.15) is 0 Å². The van der Waals surface area contributed by atoms with Gasteiger partial charge in [0.1, 0.15) is 0 Å². The number of phenols is 2. The van der Waals surface area contributed by atoms with Crippen molar-refractivity contribution < 1.29 is 27.2 Å². The Morgan fingerprint density at radius 3 is 1.40 bits per heavy atom. The number of hydrogen-bond acceptors (Lipinski definition) is 2. The molecule has 0 aliphatic rings. The molecule has 0 aliphatic heterocycles. The number of benzene rings is 1. The molecule has 0 saturated heterocycles. The minimum absolute atomic E-state index is 0. The van der Waals surface area contributed by atoms with Gasteiger partial charge in [-0.25, -0.2) is 0 Å². The summed E-state index contributed by atoms with van der Waals surface area (Å²) < 4.78 is 0. The first kappa shape index (κ1) is 13.2. The molecule has 0 amide bonds. The van der Waals surface area contributed by atoms with E-state index < -0.39 is 0 Å². The van der Waals surface area contributed by atoms with E-state index in [1.807, 2.05) is 0 Å². The second-order valence-electron chi connectivity index (χ2n) is 1.49. The van der Waals surface area contributed by atoms with Crippen LogP contribution in [0.25, 0.3) is 0 Å². The average molecular weight is 230 g/mol. The van der Waals surface area contributed by atoms with Crippen LogP contribution in [0.5, 0.6) is 11.5 Å². The van der Waals surface area contributed by atoms with Crippen LogP contribution in [-0.4, -0.2) is 48.0 Å². The van der Waals surface area contributed by atoms with Crippen molar-refractivity contribution >= 4 is 37.7 Å². The maximum absolute atomic E-state index is 8.67. The SMILES string of the molecule is Oc1ccccc1O.[Br-].[Ca+2]. The number of aromatic hydroxyl groups is 2. The van der Waals surface area contributed by atoms with Crippen LogP contribution in [0, 0.1) is 0 Å². The molecule has 0 unspecified atom stereocenters. The standard InChI is InChI=1S/C6H6O2.BrH.Ca/c7-5-3-1-2-4-6(5)8;;/h1-4,7-8H;1H;/q;;+2/p-1. The first-order valence-electron chi connectivity index (χ1n) is 2.27. The van der Waals surface area contributed by atoms with Gasteiger partial charge >= 0.3 is 37.7 Å². The third-order valence-corrected chi connectivity index (χ3v) is 0.882. The molecule has 2 nitrogen and oxygen atoms in total. The maximum Gasteiger partial charge on any atom is 2.00 e. The molecule has 10 heavy (non-hydrogen) atoms. The number of hydrogen-bond donors (Lipinski definition) is 2. The van der Waals surface area contributed by atoms with Crippen molar-refractivity contribution in [3.8, 4) is 11.5 Å². The third-order valence-electron chi connectivity index (χ3n) is 0.882. The Balaban J connectivity index is 0. The summed E-state index contributed by atoms with van der Waals surface area (Å²) in [4.78, 5) is 0. The Kier molecular flexibility index (Phi) is 8.27. The van der Waals surface area contributed by atoms with Gasteiger partial charge in [0.15, 0.2) is 11.5 Å². The van der Waals surface area contributed by atoms with Crippen LogP contribution in [0.2, 0.25) is 0 Å². The van der Waals surface area contributed by atoms with Crippen LogP contribution in [-0.2, 0) is 0 Å². The molecule has 1 aromatic carbocycles. The van der Waals surface area contributed by atoms with Crippen LogP contribution in [0.3, 0.4) is 0 Å². The van der Waals surface area contributed by atoms with Crippen molar-refractivity contribution in [3.05, 3.63) is 24.3 Å². The van der Waals surface area contributed by atoms with Crippen LogP contribution in [0.4, 0.5) is 0 Å². The largest absolute Gasteiger partial charge is 2.00 e. The van der Waals surface area contributed by atoms with Gasteiger partial charge in [0.25, 0.3) is 0 Å². The Morgan fingerprint density at radius 1 is 0.900 bits per heavy atom. The van der Waals surface area contributed by atoms with Gasteiger partial charge in [0.2, 0.25) is 0 Å². The van der Waals surface area contributed by atoms with Crippen molar-refractivity contribution in [2.75, 3.05) is 0 Å². The van der Waals surface area contributed by atoms with E-state index in [2.05, 4.69) is 0 Å². The summed E-state index contributed by atoms with van der Waals surface area (Å²) in [5, 5.41) is 17.3. The molecule has 0 spiro atoms. The summed E-state index contributed by atoms with van der Waals surface area (Å²) in [6.45, 7) is 0.